The van der Waals surface area contributed by atoms with E-state index in [0.717, 1.165) is 43.7 Å². The fourth-order valence-corrected chi connectivity index (χ4v) is 4.63. The number of aromatic nitrogens is 2. The van der Waals surface area contributed by atoms with Gasteiger partial charge in [-0.15, -0.1) is 0 Å². The standard InChI is InChI=1S/C27H27N5O4/c1-19-26(27(33)31(29(19)2)21-9-5-3-6-10-21)28-18-22-12-14-25(36-22)20-11-13-23(24(17-20)32(34)35)30-15-7-4-8-16-30/h3,5-6,9-14,17-18H,4,7-8,15-16H2,1-2H3. The average Bonchev–Trinajstić information content (AvgIpc) is 3.46. The fourth-order valence-electron chi connectivity index (χ4n) is 4.63. The van der Waals surface area contributed by atoms with Gasteiger partial charge in [0.05, 0.1) is 22.5 Å². The zero-order chi connectivity index (χ0) is 25.2. The van der Waals surface area contributed by atoms with E-state index in [0.29, 0.717) is 28.5 Å². The van der Waals surface area contributed by atoms with Crippen LogP contribution in [0.5, 0.6) is 0 Å². The van der Waals surface area contributed by atoms with Gasteiger partial charge in [-0.05, 0) is 62.6 Å². The Morgan fingerprint density at radius 1 is 1.03 bits per heavy atom. The highest BCUT2D eigenvalue weighted by Crippen LogP contribution is 2.35. The van der Waals surface area contributed by atoms with Crippen LogP contribution >= 0.6 is 0 Å². The van der Waals surface area contributed by atoms with Gasteiger partial charge in [0.2, 0.25) is 0 Å². The van der Waals surface area contributed by atoms with Crippen molar-refractivity contribution in [3.63, 3.8) is 0 Å². The Morgan fingerprint density at radius 2 is 1.78 bits per heavy atom. The maximum absolute atomic E-state index is 13.1. The quantitative estimate of drug-likeness (QED) is 0.207. The molecule has 3 heterocycles. The Balaban J connectivity index is 1.42. The molecule has 0 atom stereocenters. The summed E-state index contributed by atoms with van der Waals surface area (Å²) in [4.78, 5) is 31.0. The topological polar surface area (TPSA) is 98.8 Å². The van der Waals surface area contributed by atoms with E-state index in [1.807, 2.05) is 50.4 Å². The minimum atomic E-state index is -0.339. The number of hydrogen-bond acceptors (Lipinski definition) is 6. The van der Waals surface area contributed by atoms with Crippen molar-refractivity contribution in [1.82, 2.24) is 9.36 Å². The first-order valence-electron chi connectivity index (χ1n) is 12.0. The molecule has 184 valence electrons. The van der Waals surface area contributed by atoms with Crippen molar-refractivity contribution in [3.8, 4) is 17.0 Å². The third kappa shape index (κ3) is 4.35. The zero-order valence-electron chi connectivity index (χ0n) is 20.3. The van der Waals surface area contributed by atoms with E-state index < -0.39 is 0 Å². The minimum Gasteiger partial charge on any atom is -0.455 e. The first-order chi connectivity index (χ1) is 17.4. The molecule has 0 aliphatic carbocycles. The van der Waals surface area contributed by atoms with Crippen LogP contribution in [-0.4, -0.2) is 33.6 Å². The van der Waals surface area contributed by atoms with Gasteiger partial charge < -0.3 is 9.32 Å². The van der Waals surface area contributed by atoms with Crippen LogP contribution < -0.4 is 10.5 Å². The molecule has 4 aromatic rings. The van der Waals surface area contributed by atoms with Crippen LogP contribution in [0.2, 0.25) is 0 Å². The van der Waals surface area contributed by atoms with E-state index in [1.165, 1.54) is 6.21 Å². The second kappa shape index (κ2) is 9.69. The summed E-state index contributed by atoms with van der Waals surface area (Å²) < 4.78 is 9.24. The second-order valence-electron chi connectivity index (χ2n) is 8.88. The lowest BCUT2D eigenvalue weighted by atomic mass is 10.1. The molecule has 0 N–H and O–H groups in total. The monoisotopic (exact) mass is 485 g/mol. The molecule has 9 nitrogen and oxygen atoms in total. The van der Waals surface area contributed by atoms with Crippen LogP contribution in [0.1, 0.15) is 30.7 Å². The van der Waals surface area contributed by atoms with Crippen molar-refractivity contribution in [1.29, 1.82) is 0 Å². The van der Waals surface area contributed by atoms with Crippen molar-refractivity contribution < 1.29 is 9.34 Å². The number of rotatable bonds is 6. The molecular formula is C27H27N5O4. The molecule has 0 unspecified atom stereocenters. The molecule has 2 aromatic carbocycles. The molecule has 1 saturated heterocycles. The Hall–Kier alpha value is -4.40. The van der Waals surface area contributed by atoms with Crippen LogP contribution in [-0.2, 0) is 7.05 Å². The molecule has 36 heavy (non-hydrogen) atoms. The Kier molecular flexibility index (Phi) is 6.28. The van der Waals surface area contributed by atoms with Gasteiger partial charge >= 0.3 is 0 Å². The van der Waals surface area contributed by atoms with Crippen LogP contribution in [0.25, 0.3) is 17.0 Å². The summed E-state index contributed by atoms with van der Waals surface area (Å²) in [7, 11) is 1.81. The molecule has 1 aliphatic rings. The van der Waals surface area contributed by atoms with Gasteiger partial charge in [0.15, 0.2) is 5.69 Å². The molecular weight excluding hydrogens is 458 g/mol. The van der Waals surface area contributed by atoms with Gasteiger partial charge in [0, 0.05) is 31.8 Å². The van der Waals surface area contributed by atoms with Crippen LogP contribution in [0, 0.1) is 17.0 Å². The van der Waals surface area contributed by atoms with Crippen molar-refractivity contribution >= 4 is 23.3 Å². The summed E-state index contributed by atoms with van der Waals surface area (Å²) in [5, 5.41) is 11.8. The SMILES string of the molecule is Cc1c(N=Cc2ccc(-c3ccc(N4CCCCC4)c([N+](=O)[O-])c3)o2)c(=O)n(-c2ccccc2)n1C. The van der Waals surface area contributed by atoms with Gasteiger partial charge in [-0.2, -0.15) is 0 Å². The Bertz CT molecular complexity index is 1490. The summed E-state index contributed by atoms with van der Waals surface area (Å²) in [6.07, 6.45) is 4.73. The maximum atomic E-state index is 13.1. The normalized spacial score (nSPS) is 14.0. The molecule has 0 radical (unpaired) electrons. The predicted molar refractivity (Wildman–Crippen MR) is 140 cm³/mol. The minimum absolute atomic E-state index is 0.0717. The van der Waals surface area contributed by atoms with Crippen LogP contribution in [0.3, 0.4) is 0 Å². The number of furan rings is 1. The number of piperidine rings is 1. The van der Waals surface area contributed by atoms with E-state index in [4.69, 9.17) is 4.42 Å². The third-order valence-corrected chi connectivity index (χ3v) is 6.62. The van der Waals surface area contributed by atoms with E-state index in [9.17, 15) is 14.9 Å². The summed E-state index contributed by atoms with van der Waals surface area (Å²) in [5.41, 5.74) is 2.90. The highest BCUT2D eigenvalue weighted by atomic mass is 16.6. The Labute approximate surface area is 208 Å². The lowest BCUT2D eigenvalue weighted by Gasteiger charge is -2.28. The molecule has 1 aliphatic heterocycles. The largest absolute Gasteiger partial charge is 0.455 e. The van der Waals surface area contributed by atoms with Gasteiger partial charge in [0.1, 0.15) is 17.2 Å². The van der Waals surface area contributed by atoms with Crippen molar-refractivity contribution in [2.24, 2.45) is 12.0 Å². The van der Waals surface area contributed by atoms with E-state index in [1.54, 1.807) is 33.6 Å². The number of para-hydroxylation sites is 1. The fraction of sp³-hybridized carbons (Fsp3) is 0.259. The van der Waals surface area contributed by atoms with E-state index in [-0.39, 0.29) is 16.2 Å². The highest BCUT2D eigenvalue weighted by Gasteiger charge is 2.22. The van der Waals surface area contributed by atoms with Gasteiger partial charge in [0.25, 0.3) is 11.2 Å². The van der Waals surface area contributed by atoms with Gasteiger partial charge in [-0.1, -0.05) is 18.2 Å². The summed E-state index contributed by atoms with van der Waals surface area (Å²) >= 11 is 0. The zero-order valence-corrected chi connectivity index (χ0v) is 20.3. The second-order valence-corrected chi connectivity index (χ2v) is 8.88. The number of nitrogens with zero attached hydrogens (tertiary/aromatic N) is 5. The summed E-state index contributed by atoms with van der Waals surface area (Å²) in [6.45, 7) is 3.49. The molecule has 9 heteroatoms. The van der Waals surface area contributed by atoms with Crippen molar-refractivity contribution in [3.05, 3.63) is 92.6 Å². The number of hydrogen-bond donors (Lipinski definition) is 0. The molecule has 1 fully saturated rings. The summed E-state index contributed by atoms with van der Waals surface area (Å²) in [5.74, 6) is 0.942. The molecule has 5 rings (SSSR count). The predicted octanol–water partition coefficient (Wildman–Crippen LogP) is 5.39. The molecule has 0 bridgehead atoms. The lowest BCUT2D eigenvalue weighted by molar-refractivity contribution is -0.384. The number of aliphatic imine (C=N–C) groups is 1. The van der Waals surface area contributed by atoms with Crippen LogP contribution in [0.4, 0.5) is 17.1 Å². The summed E-state index contributed by atoms with van der Waals surface area (Å²) in [6, 6.07) is 18.1. The molecule has 0 spiro atoms. The van der Waals surface area contributed by atoms with Gasteiger partial charge in [-0.25, -0.2) is 9.67 Å². The number of benzene rings is 2. The van der Waals surface area contributed by atoms with E-state index >= 15 is 0 Å². The number of nitro benzene ring substituents is 1. The molecule has 2 aromatic heterocycles. The van der Waals surface area contributed by atoms with Crippen LogP contribution in [0.15, 0.2) is 74.9 Å². The average molecular weight is 486 g/mol. The van der Waals surface area contributed by atoms with E-state index in [2.05, 4.69) is 9.89 Å². The first-order valence-corrected chi connectivity index (χ1v) is 12.0. The third-order valence-electron chi connectivity index (χ3n) is 6.62. The number of nitro groups is 1. The molecule has 0 saturated carbocycles. The number of anilines is 1. The van der Waals surface area contributed by atoms with Gasteiger partial charge in [-0.3, -0.25) is 19.6 Å². The Morgan fingerprint density at radius 3 is 2.50 bits per heavy atom. The van der Waals surface area contributed by atoms with Crippen molar-refractivity contribution in [2.75, 3.05) is 18.0 Å². The highest BCUT2D eigenvalue weighted by molar-refractivity contribution is 5.81. The van der Waals surface area contributed by atoms with Crippen molar-refractivity contribution in [2.45, 2.75) is 26.2 Å². The maximum Gasteiger partial charge on any atom is 0.297 e. The molecule has 0 amide bonds. The smallest absolute Gasteiger partial charge is 0.297 e. The lowest BCUT2D eigenvalue weighted by Crippen LogP contribution is -2.29. The first kappa shape index (κ1) is 23.3.